The summed E-state index contributed by atoms with van der Waals surface area (Å²) in [6.45, 7) is 12.1. The molecular weight excluding hydrogens is 364 g/mol. The van der Waals surface area contributed by atoms with Gasteiger partial charge in [-0.3, -0.25) is 9.59 Å². The fourth-order valence-electron chi connectivity index (χ4n) is 6.09. The molecule has 0 aliphatic heterocycles. The lowest BCUT2D eigenvalue weighted by Crippen LogP contribution is -2.31. The first-order chi connectivity index (χ1) is 13.7. The van der Waals surface area contributed by atoms with E-state index in [4.69, 9.17) is 0 Å². The Labute approximate surface area is 176 Å². The van der Waals surface area contributed by atoms with Crippen LogP contribution in [0.1, 0.15) is 78.1 Å². The van der Waals surface area contributed by atoms with Crippen molar-refractivity contribution in [1.82, 2.24) is 0 Å². The molecule has 4 heteroatoms. The number of hydrogen-bond acceptors (Lipinski definition) is 2. The fourth-order valence-corrected chi connectivity index (χ4v) is 6.09. The van der Waals surface area contributed by atoms with E-state index in [2.05, 4.69) is 27.0 Å². The van der Waals surface area contributed by atoms with Crippen molar-refractivity contribution in [3.63, 3.8) is 0 Å². The molecule has 2 fully saturated rings. The van der Waals surface area contributed by atoms with Gasteiger partial charge in [0.1, 0.15) is 0 Å². The Morgan fingerprint density at radius 3 is 1.52 bits per heavy atom. The van der Waals surface area contributed by atoms with Crippen molar-refractivity contribution in [3.8, 4) is 0 Å². The highest BCUT2D eigenvalue weighted by Crippen LogP contribution is 2.56. The summed E-state index contributed by atoms with van der Waals surface area (Å²) >= 11 is 0. The summed E-state index contributed by atoms with van der Waals surface area (Å²) in [6.07, 6.45) is 13.0. The van der Waals surface area contributed by atoms with Crippen molar-refractivity contribution < 1.29 is 19.8 Å². The highest BCUT2D eigenvalue weighted by Gasteiger charge is 2.51. The standard InChI is InChI=1S/C25H40O4/c1-5-7-9-11-17-13-19(15-21(17)23(26)27)25(3,4)20-14-18(12-10-8-6-2)22(16-20)24(28)29/h5-6,17-22H,1-2,7-16H2,3-4H3,(H,26,27)(H,28,29). The number of rotatable bonds is 12. The lowest BCUT2D eigenvalue weighted by molar-refractivity contribution is -0.144. The maximum atomic E-state index is 11.9. The second kappa shape index (κ2) is 10.4. The Kier molecular flexibility index (Phi) is 8.54. The van der Waals surface area contributed by atoms with Gasteiger partial charge in [-0.25, -0.2) is 0 Å². The average molecular weight is 405 g/mol. The first-order valence-electron chi connectivity index (χ1n) is 11.4. The second-order valence-electron chi connectivity index (χ2n) is 10.0. The maximum absolute atomic E-state index is 11.9. The molecule has 0 aromatic rings. The van der Waals surface area contributed by atoms with Crippen LogP contribution in [-0.2, 0) is 9.59 Å². The molecule has 29 heavy (non-hydrogen) atoms. The minimum atomic E-state index is -0.663. The minimum absolute atomic E-state index is 0.0260. The van der Waals surface area contributed by atoms with Gasteiger partial charge in [0.2, 0.25) is 0 Å². The van der Waals surface area contributed by atoms with Crippen molar-refractivity contribution in [1.29, 1.82) is 0 Å². The molecule has 2 N–H and O–H groups in total. The molecule has 0 radical (unpaired) electrons. The van der Waals surface area contributed by atoms with Crippen LogP contribution < -0.4 is 0 Å². The van der Waals surface area contributed by atoms with E-state index in [1.54, 1.807) is 0 Å². The van der Waals surface area contributed by atoms with Crippen LogP contribution in [0.2, 0.25) is 0 Å². The van der Waals surface area contributed by atoms with Gasteiger partial charge in [-0.1, -0.05) is 26.0 Å². The zero-order valence-corrected chi connectivity index (χ0v) is 18.3. The molecular formula is C25H40O4. The normalized spacial score (nSPS) is 32.2. The zero-order valence-electron chi connectivity index (χ0n) is 18.3. The van der Waals surface area contributed by atoms with Crippen LogP contribution in [0.3, 0.4) is 0 Å². The minimum Gasteiger partial charge on any atom is -0.481 e. The molecule has 2 rings (SSSR count). The summed E-state index contributed by atoms with van der Waals surface area (Å²) in [4.78, 5) is 23.7. The lowest BCUT2D eigenvalue weighted by atomic mass is 9.67. The van der Waals surface area contributed by atoms with Crippen LogP contribution in [0.15, 0.2) is 25.3 Å². The van der Waals surface area contributed by atoms with Crippen LogP contribution in [0.5, 0.6) is 0 Å². The number of hydrogen-bond donors (Lipinski definition) is 2. The van der Waals surface area contributed by atoms with Crippen LogP contribution in [-0.4, -0.2) is 22.2 Å². The highest BCUT2D eigenvalue weighted by atomic mass is 16.4. The van der Waals surface area contributed by atoms with Gasteiger partial charge in [0.15, 0.2) is 0 Å². The summed E-state index contributed by atoms with van der Waals surface area (Å²) in [5.74, 6) is -0.678. The molecule has 0 aromatic heterocycles. The number of carboxylic acid groups (broad SMARTS) is 2. The first kappa shape index (κ1) is 23.7. The quantitative estimate of drug-likeness (QED) is 0.301. The molecule has 164 valence electrons. The summed E-state index contributed by atoms with van der Waals surface area (Å²) in [5.41, 5.74) is -0.0260. The van der Waals surface area contributed by atoms with Crippen molar-refractivity contribution in [3.05, 3.63) is 25.3 Å². The van der Waals surface area contributed by atoms with Crippen LogP contribution in [0.4, 0.5) is 0 Å². The Balaban J connectivity index is 2.08. The molecule has 0 bridgehead atoms. The van der Waals surface area contributed by atoms with Gasteiger partial charge in [-0.2, -0.15) is 0 Å². The van der Waals surface area contributed by atoms with E-state index in [-0.39, 0.29) is 29.1 Å². The van der Waals surface area contributed by atoms with E-state index in [1.807, 2.05) is 12.2 Å². The fraction of sp³-hybridized carbons (Fsp3) is 0.760. The van der Waals surface area contributed by atoms with Crippen molar-refractivity contribution >= 4 is 11.9 Å². The van der Waals surface area contributed by atoms with Crippen LogP contribution >= 0.6 is 0 Å². The lowest BCUT2D eigenvalue weighted by Gasteiger charge is -2.38. The van der Waals surface area contributed by atoms with E-state index in [0.717, 1.165) is 64.2 Å². The van der Waals surface area contributed by atoms with Gasteiger partial charge in [0.25, 0.3) is 0 Å². The number of unbranched alkanes of at least 4 members (excludes halogenated alkanes) is 2. The summed E-state index contributed by atoms with van der Waals surface area (Å²) in [7, 11) is 0. The number of carboxylic acids is 2. The average Bonchev–Trinajstić information content (AvgIpc) is 3.27. The Hall–Kier alpha value is -1.58. The van der Waals surface area contributed by atoms with E-state index in [1.165, 1.54) is 0 Å². The molecule has 2 aliphatic rings. The third-order valence-corrected chi connectivity index (χ3v) is 8.09. The predicted molar refractivity (Wildman–Crippen MR) is 117 cm³/mol. The molecule has 0 amide bonds. The summed E-state index contributed by atoms with van der Waals surface area (Å²) < 4.78 is 0. The third kappa shape index (κ3) is 5.73. The third-order valence-electron chi connectivity index (χ3n) is 8.09. The van der Waals surface area contributed by atoms with Gasteiger partial charge < -0.3 is 10.2 Å². The van der Waals surface area contributed by atoms with E-state index >= 15 is 0 Å². The first-order valence-corrected chi connectivity index (χ1v) is 11.4. The maximum Gasteiger partial charge on any atom is 0.306 e. The molecule has 0 spiro atoms. The monoisotopic (exact) mass is 404 g/mol. The summed E-state index contributed by atoms with van der Waals surface area (Å²) in [6, 6.07) is 0. The summed E-state index contributed by atoms with van der Waals surface area (Å²) in [5, 5.41) is 19.5. The zero-order chi connectivity index (χ0) is 21.6. The molecule has 2 aliphatic carbocycles. The van der Waals surface area contributed by atoms with Gasteiger partial charge in [-0.05, 0) is 93.3 Å². The number of allylic oxidation sites excluding steroid dienone is 2. The van der Waals surface area contributed by atoms with Gasteiger partial charge in [-0.15, -0.1) is 13.2 Å². The second-order valence-corrected chi connectivity index (χ2v) is 10.0. The Morgan fingerprint density at radius 1 is 0.828 bits per heavy atom. The van der Waals surface area contributed by atoms with E-state index in [0.29, 0.717) is 11.8 Å². The molecule has 6 unspecified atom stereocenters. The molecule has 6 atom stereocenters. The number of carbonyl (C=O) groups is 2. The van der Waals surface area contributed by atoms with Crippen molar-refractivity contribution in [2.45, 2.75) is 78.1 Å². The number of aliphatic carboxylic acids is 2. The molecule has 0 heterocycles. The molecule has 0 saturated heterocycles. The topological polar surface area (TPSA) is 74.6 Å². The van der Waals surface area contributed by atoms with Crippen LogP contribution in [0.25, 0.3) is 0 Å². The highest BCUT2D eigenvalue weighted by molar-refractivity contribution is 5.71. The van der Waals surface area contributed by atoms with Gasteiger partial charge in [0, 0.05) is 0 Å². The van der Waals surface area contributed by atoms with Crippen LogP contribution in [0, 0.1) is 40.9 Å². The molecule has 2 saturated carbocycles. The van der Waals surface area contributed by atoms with Gasteiger partial charge in [0.05, 0.1) is 11.8 Å². The van der Waals surface area contributed by atoms with E-state index < -0.39 is 11.9 Å². The van der Waals surface area contributed by atoms with Gasteiger partial charge >= 0.3 is 11.9 Å². The smallest absolute Gasteiger partial charge is 0.306 e. The molecule has 0 aromatic carbocycles. The molecule has 4 nitrogen and oxygen atoms in total. The Bertz CT molecular complexity index is 544. The largest absolute Gasteiger partial charge is 0.481 e. The SMILES string of the molecule is C=CCCCC1CC(C(C)(C)C2CC(CCCC=C)C(C(=O)O)C2)CC1C(=O)O. The van der Waals surface area contributed by atoms with Crippen molar-refractivity contribution in [2.24, 2.45) is 40.9 Å². The predicted octanol–water partition coefficient (Wildman–Crippen LogP) is 6.18. The Morgan fingerprint density at radius 2 is 1.21 bits per heavy atom. The van der Waals surface area contributed by atoms with Crippen molar-refractivity contribution in [2.75, 3.05) is 0 Å². The van der Waals surface area contributed by atoms with E-state index in [9.17, 15) is 19.8 Å².